The van der Waals surface area contributed by atoms with Gasteiger partial charge in [0.05, 0.1) is 11.5 Å². The summed E-state index contributed by atoms with van der Waals surface area (Å²) >= 11 is 0. The lowest BCUT2D eigenvalue weighted by molar-refractivity contribution is -0.386. The molecule has 8 heteroatoms. The molecule has 1 aromatic carbocycles. The van der Waals surface area contributed by atoms with E-state index in [9.17, 15) is 19.7 Å². The molecule has 0 saturated carbocycles. The first-order valence-corrected chi connectivity index (χ1v) is 6.29. The van der Waals surface area contributed by atoms with E-state index in [0.29, 0.717) is 0 Å². The van der Waals surface area contributed by atoms with E-state index >= 15 is 0 Å². The largest absolute Gasteiger partial charge is 0.474 e. The molecule has 0 unspecified atom stereocenters. The smallest absolute Gasteiger partial charge is 0.325 e. The zero-order valence-electron chi connectivity index (χ0n) is 11.7. The number of nitro benzene ring substituents is 1. The van der Waals surface area contributed by atoms with Gasteiger partial charge in [0.25, 0.3) is 5.91 Å². The molecule has 0 heterocycles. The number of amides is 1. The maximum absolute atomic E-state index is 11.7. The van der Waals surface area contributed by atoms with Gasteiger partial charge in [-0.2, -0.15) is 0 Å². The van der Waals surface area contributed by atoms with Crippen LogP contribution >= 0.6 is 0 Å². The number of ether oxygens (including phenoxy) is 2. The van der Waals surface area contributed by atoms with Crippen LogP contribution in [-0.2, 0) is 14.3 Å². The van der Waals surface area contributed by atoms with Crippen LogP contribution in [0.2, 0.25) is 0 Å². The molecule has 0 aliphatic rings. The number of para-hydroxylation sites is 2. The second-order valence-corrected chi connectivity index (χ2v) is 4.01. The molecule has 1 amide bonds. The van der Waals surface area contributed by atoms with Crippen molar-refractivity contribution in [3.05, 3.63) is 34.4 Å². The van der Waals surface area contributed by atoms with E-state index in [-0.39, 0.29) is 24.6 Å². The van der Waals surface area contributed by atoms with Crippen LogP contribution in [0, 0.1) is 10.1 Å². The van der Waals surface area contributed by atoms with Crippen molar-refractivity contribution >= 4 is 17.6 Å². The number of hydrogen-bond donors (Lipinski definition) is 1. The predicted molar refractivity (Wildman–Crippen MR) is 72.8 cm³/mol. The molecule has 1 N–H and O–H groups in total. The quantitative estimate of drug-likeness (QED) is 0.457. The topological polar surface area (TPSA) is 108 Å². The van der Waals surface area contributed by atoms with Crippen molar-refractivity contribution in [1.82, 2.24) is 5.32 Å². The Morgan fingerprint density at radius 1 is 1.38 bits per heavy atom. The summed E-state index contributed by atoms with van der Waals surface area (Å²) in [5.41, 5.74) is -0.234. The maximum atomic E-state index is 11.7. The van der Waals surface area contributed by atoms with Gasteiger partial charge in [-0.3, -0.25) is 19.7 Å². The Bertz CT molecular complexity index is 531. The van der Waals surface area contributed by atoms with Crippen molar-refractivity contribution in [2.75, 3.05) is 13.2 Å². The molecule has 8 nitrogen and oxygen atoms in total. The van der Waals surface area contributed by atoms with Crippen LogP contribution in [0.1, 0.15) is 13.8 Å². The van der Waals surface area contributed by atoms with Gasteiger partial charge in [0.1, 0.15) is 6.54 Å². The lowest BCUT2D eigenvalue weighted by atomic mass is 10.3. The summed E-state index contributed by atoms with van der Waals surface area (Å²) in [4.78, 5) is 33.1. The molecular weight excluding hydrogens is 280 g/mol. The molecule has 0 aliphatic heterocycles. The molecule has 1 rings (SSSR count). The Kier molecular flexibility index (Phi) is 6.12. The Hall–Kier alpha value is -2.64. The second-order valence-electron chi connectivity index (χ2n) is 4.01. The normalized spacial score (nSPS) is 11.3. The average molecular weight is 296 g/mol. The van der Waals surface area contributed by atoms with Crippen LogP contribution in [0.5, 0.6) is 5.75 Å². The maximum Gasteiger partial charge on any atom is 0.325 e. The van der Waals surface area contributed by atoms with Crippen LogP contribution in [0.25, 0.3) is 0 Å². The van der Waals surface area contributed by atoms with Crippen molar-refractivity contribution in [3.8, 4) is 5.75 Å². The van der Waals surface area contributed by atoms with Crippen LogP contribution < -0.4 is 10.1 Å². The lowest BCUT2D eigenvalue weighted by Gasteiger charge is -2.14. The summed E-state index contributed by atoms with van der Waals surface area (Å²) in [6, 6.07) is 5.73. The van der Waals surface area contributed by atoms with E-state index in [4.69, 9.17) is 4.74 Å². The molecule has 114 valence electrons. The molecule has 0 aliphatic carbocycles. The summed E-state index contributed by atoms with van der Waals surface area (Å²) in [6.07, 6.45) is -0.986. The zero-order chi connectivity index (χ0) is 15.8. The third-order valence-corrected chi connectivity index (χ3v) is 2.45. The number of carbonyl (C=O) groups is 2. The molecule has 0 saturated heterocycles. The minimum atomic E-state index is -0.986. The Labute approximate surface area is 121 Å². The van der Waals surface area contributed by atoms with Gasteiger partial charge < -0.3 is 14.8 Å². The van der Waals surface area contributed by atoms with Gasteiger partial charge in [0.15, 0.2) is 11.9 Å². The van der Waals surface area contributed by atoms with E-state index in [1.54, 1.807) is 13.0 Å². The summed E-state index contributed by atoms with van der Waals surface area (Å²) in [5.74, 6) is -1.15. The Balaban J connectivity index is 2.60. The van der Waals surface area contributed by atoms with Gasteiger partial charge in [-0.15, -0.1) is 0 Å². The number of rotatable bonds is 7. The highest BCUT2D eigenvalue weighted by atomic mass is 16.6. The highest BCUT2D eigenvalue weighted by Gasteiger charge is 2.20. The van der Waals surface area contributed by atoms with Crippen molar-refractivity contribution in [1.29, 1.82) is 0 Å². The van der Waals surface area contributed by atoms with Crippen LogP contribution in [0.15, 0.2) is 24.3 Å². The summed E-state index contributed by atoms with van der Waals surface area (Å²) in [7, 11) is 0. The molecule has 21 heavy (non-hydrogen) atoms. The SMILES string of the molecule is CCOC(=O)CNC(=O)[C@H](C)Oc1ccccc1[N+](=O)[O-]. The highest BCUT2D eigenvalue weighted by molar-refractivity contribution is 5.85. The molecule has 0 aromatic heterocycles. The van der Waals surface area contributed by atoms with E-state index in [0.717, 1.165) is 0 Å². The van der Waals surface area contributed by atoms with E-state index < -0.39 is 22.9 Å². The minimum absolute atomic E-state index is 0.0127. The third kappa shape index (κ3) is 5.09. The van der Waals surface area contributed by atoms with Gasteiger partial charge in [-0.1, -0.05) is 12.1 Å². The molecule has 0 bridgehead atoms. The van der Waals surface area contributed by atoms with Crippen molar-refractivity contribution < 1.29 is 24.0 Å². The fourth-order valence-electron chi connectivity index (χ4n) is 1.47. The number of nitrogens with zero attached hydrogens (tertiary/aromatic N) is 1. The first-order chi connectivity index (χ1) is 9.95. The van der Waals surface area contributed by atoms with Gasteiger partial charge in [-0.05, 0) is 19.9 Å². The van der Waals surface area contributed by atoms with Gasteiger partial charge in [0, 0.05) is 6.07 Å². The number of nitrogens with one attached hydrogen (secondary N) is 1. The van der Waals surface area contributed by atoms with Gasteiger partial charge >= 0.3 is 11.7 Å². The lowest BCUT2D eigenvalue weighted by Crippen LogP contribution is -2.39. The van der Waals surface area contributed by atoms with E-state index in [1.807, 2.05) is 0 Å². The predicted octanol–water partition coefficient (Wildman–Crippen LogP) is 1.04. The average Bonchev–Trinajstić information content (AvgIpc) is 2.45. The summed E-state index contributed by atoms with van der Waals surface area (Å²) in [6.45, 7) is 3.02. The fourth-order valence-corrected chi connectivity index (χ4v) is 1.47. The molecule has 1 aromatic rings. The first-order valence-electron chi connectivity index (χ1n) is 6.29. The van der Waals surface area contributed by atoms with Crippen LogP contribution in [-0.4, -0.2) is 36.1 Å². The zero-order valence-corrected chi connectivity index (χ0v) is 11.7. The molecule has 0 fully saturated rings. The Morgan fingerprint density at radius 3 is 2.67 bits per heavy atom. The second kappa shape index (κ2) is 7.83. The first kappa shape index (κ1) is 16.4. The highest BCUT2D eigenvalue weighted by Crippen LogP contribution is 2.26. The molecule has 0 radical (unpaired) electrons. The summed E-state index contributed by atoms with van der Waals surface area (Å²) in [5, 5.41) is 13.2. The van der Waals surface area contributed by atoms with Crippen molar-refractivity contribution in [2.45, 2.75) is 20.0 Å². The monoisotopic (exact) mass is 296 g/mol. The van der Waals surface area contributed by atoms with Gasteiger partial charge in [0.2, 0.25) is 0 Å². The van der Waals surface area contributed by atoms with E-state index in [1.165, 1.54) is 25.1 Å². The fraction of sp³-hybridized carbons (Fsp3) is 0.385. The molecular formula is C13H16N2O6. The number of hydrogen-bond acceptors (Lipinski definition) is 6. The van der Waals surface area contributed by atoms with Crippen LogP contribution in [0.4, 0.5) is 5.69 Å². The van der Waals surface area contributed by atoms with Crippen molar-refractivity contribution in [2.24, 2.45) is 0 Å². The number of nitro groups is 1. The summed E-state index contributed by atoms with van der Waals surface area (Å²) < 4.78 is 9.91. The number of benzene rings is 1. The van der Waals surface area contributed by atoms with Crippen molar-refractivity contribution in [3.63, 3.8) is 0 Å². The van der Waals surface area contributed by atoms with E-state index in [2.05, 4.69) is 10.1 Å². The Morgan fingerprint density at radius 2 is 2.05 bits per heavy atom. The third-order valence-electron chi connectivity index (χ3n) is 2.45. The number of esters is 1. The molecule has 1 atom stereocenters. The van der Waals surface area contributed by atoms with Gasteiger partial charge in [-0.25, -0.2) is 0 Å². The standard InChI is InChI=1S/C13H16N2O6/c1-3-20-12(16)8-14-13(17)9(2)21-11-7-5-4-6-10(11)15(18)19/h4-7,9H,3,8H2,1-2H3,(H,14,17)/t9-/m0/s1. The van der Waals surface area contributed by atoms with Crippen LogP contribution in [0.3, 0.4) is 0 Å². The number of carbonyl (C=O) groups excluding carboxylic acids is 2. The molecule has 0 spiro atoms. The minimum Gasteiger partial charge on any atom is -0.474 e.